The molecule has 0 N–H and O–H groups in total. The maximum absolute atomic E-state index is 0. The molecule has 0 aliphatic rings. The Kier molecular flexibility index (Phi) is 1990. The Balaban J connectivity index is 0. The van der Waals surface area contributed by atoms with Crippen LogP contribution < -0.4 is 18.9 Å². The third-order valence-corrected chi connectivity index (χ3v) is 0. The number of rotatable bonds is 0. The summed E-state index contributed by atoms with van der Waals surface area (Å²) >= 11 is 0. The molecule has 0 bridgehead atoms. The normalized spacial score (nSPS) is 0. The van der Waals surface area contributed by atoms with Crippen LogP contribution in [0.15, 0.2) is 0 Å². The van der Waals surface area contributed by atoms with E-state index in [2.05, 4.69) is 0 Å². The second kappa shape index (κ2) is 97.4. The Bertz CT molecular complexity index is 14.9. The van der Waals surface area contributed by atoms with Gasteiger partial charge in [0.05, 0.1) is 0 Å². The van der Waals surface area contributed by atoms with E-state index in [9.17, 15) is 0 Å². The van der Waals surface area contributed by atoms with Crippen LogP contribution >= 0.6 is 0 Å². The molecule has 0 heterocycles. The minimum Gasteiger partial charge on any atom is -2.00 e. The van der Waals surface area contributed by atoms with Crippen LogP contribution in [-0.4, -0.2) is 17.4 Å². The zero-order chi connectivity index (χ0) is 0. The van der Waals surface area contributed by atoms with E-state index in [1.54, 1.807) is 0 Å². The Labute approximate surface area is 85.3 Å². The molecule has 7 heavy (non-hydrogen) atoms. The van der Waals surface area contributed by atoms with Crippen LogP contribution in [0.3, 0.4) is 0 Å². The smallest absolute Gasteiger partial charge is 2.00 e. The molecule has 0 unspecified atom stereocenters. The summed E-state index contributed by atoms with van der Waals surface area (Å²) in [5.41, 5.74) is 0. The van der Waals surface area contributed by atoms with Gasteiger partial charge in [0, 0.05) is 16.5 Å². The zero-order valence-corrected chi connectivity index (χ0v) is 6.64. The summed E-state index contributed by atoms with van der Waals surface area (Å²) in [6.07, 6.45) is 0. The van der Waals surface area contributed by atoms with Gasteiger partial charge in [-0.1, -0.05) is 0 Å². The summed E-state index contributed by atoms with van der Waals surface area (Å²) in [4.78, 5) is 0. The van der Waals surface area contributed by atoms with Crippen LogP contribution in [0.5, 0.6) is 0 Å². The monoisotopic (exact) mass is 199 g/mol. The van der Waals surface area contributed by atoms with Crippen molar-refractivity contribution in [2.24, 2.45) is 0 Å². The minimum absolute atomic E-state index is 0. The second-order valence-corrected chi connectivity index (χ2v) is 0. The van der Waals surface area contributed by atoms with Gasteiger partial charge in [0.15, 0.2) is 0 Å². The first-order chi connectivity index (χ1) is 0. The molecule has 41 valence electrons. The van der Waals surface area contributed by atoms with E-state index in [0.717, 1.165) is 0 Å². The van der Waals surface area contributed by atoms with E-state index in [1.807, 2.05) is 0 Å². The largest absolute Gasteiger partial charge is 3.00 e. The second-order valence-electron chi connectivity index (χ2n) is 0. The van der Waals surface area contributed by atoms with Gasteiger partial charge in [-0.05, 0) is 0 Å². The van der Waals surface area contributed by atoms with Crippen molar-refractivity contribution in [3.05, 3.63) is 0 Å². The summed E-state index contributed by atoms with van der Waals surface area (Å²) in [7, 11) is 0. The van der Waals surface area contributed by atoms with Gasteiger partial charge in [-0.3, -0.25) is 0 Å². The molecule has 0 atom stereocenters. The predicted octanol–water partition coefficient (Wildman–Crippen LogP) is -3.74. The molecule has 0 aromatic heterocycles. The summed E-state index contributed by atoms with van der Waals surface area (Å²) in [6, 6.07) is 0. The van der Waals surface area contributed by atoms with Crippen LogP contribution in [0.4, 0.5) is 0 Å². The Morgan fingerprint density at radius 3 is 0.714 bits per heavy atom. The van der Waals surface area contributed by atoms with Gasteiger partial charge in [0.25, 0.3) is 0 Å². The van der Waals surface area contributed by atoms with Crippen molar-refractivity contribution in [2.75, 3.05) is 0 Å². The van der Waals surface area contributed by atoms with E-state index in [4.69, 9.17) is 0 Å². The molecule has 0 aromatic carbocycles. The Morgan fingerprint density at radius 2 is 0.714 bits per heavy atom. The SMILES string of the molecule is [Al+3].[Co+2].[Li+].[Ni].[O-2].[O-2].[O-2]. The standard InChI is InChI=1S/Al.Co.Li.Ni.3O/q+3;+2;+1;;3*-2. The van der Waals surface area contributed by atoms with Crippen LogP contribution in [-0.2, 0) is 49.7 Å². The van der Waals surface area contributed by atoms with Crippen LogP contribution in [0.25, 0.3) is 0 Å². The summed E-state index contributed by atoms with van der Waals surface area (Å²) in [5.74, 6) is 0. The van der Waals surface area contributed by atoms with Crippen LogP contribution in [0.1, 0.15) is 0 Å². The maximum Gasteiger partial charge on any atom is 3.00 e. The summed E-state index contributed by atoms with van der Waals surface area (Å²) in [5, 5.41) is 0. The summed E-state index contributed by atoms with van der Waals surface area (Å²) in [6.45, 7) is 0. The van der Waals surface area contributed by atoms with Gasteiger partial charge in [0.2, 0.25) is 0 Å². The average molecular weight is 200 g/mol. The van der Waals surface area contributed by atoms with Gasteiger partial charge in [-0.2, -0.15) is 0 Å². The van der Waals surface area contributed by atoms with E-state index in [0.29, 0.717) is 0 Å². The van der Waals surface area contributed by atoms with Gasteiger partial charge >= 0.3 is 53.0 Å². The molecule has 0 amide bonds. The van der Waals surface area contributed by atoms with E-state index >= 15 is 0 Å². The van der Waals surface area contributed by atoms with Crippen molar-refractivity contribution in [1.29, 1.82) is 0 Å². The maximum atomic E-state index is 0. The Morgan fingerprint density at radius 1 is 0.714 bits per heavy atom. The molecular formula is AlCoLiNiO3. The van der Waals surface area contributed by atoms with E-state index < -0.39 is 0 Å². The van der Waals surface area contributed by atoms with Crippen molar-refractivity contribution >= 4 is 17.4 Å². The summed E-state index contributed by atoms with van der Waals surface area (Å²) < 4.78 is 0. The Hall–Kier alpha value is 2.01. The zero-order valence-electron chi connectivity index (χ0n) is 3.45. The molecular weight excluding hydrogens is 200 g/mol. The molecule has 0 rings (SSSR count). The van der Waals surface area contributed by atoms with E-state index in [1.165, 1.54) is 0 Å². The first kappa shape index (κ1) is 143. The third-order valence-electron chi connectivity index (χ3n) is 0. The fourth-order valence-electron chi connectivity index (χ4n) is 0. The first-order valence-corrected chi connectivity index (χ1v) is 0. The van der Waals surface area contributed by atoms with Crippen LogP contribution in [0.2, 0.25) is 0 Å². The molecule has 3 nitrogen and oxygen atoms in total. The quantitative estimate of drug-likeness (QED) is 0.359. The average Bonchev–Trinajstić information content (AvgIpc) is 0. The van der Waals surface area contributed by atoms with Crippen molar-refractivity contribution in [2.45, 2.75) is 0 Å². The topological polar surface area (TPSA) is 85.5 Å². The molecule has 0 spiro atoms. The fraction of sp³-hybridized carbons (Fsp3) is 0. The van der Waals surface area contributed by atoms with Gasteiger partial charge in [0.1, 0.15) is 0 Å². The van der Waals surface area contributed by atoms with Gasteiger partial charge in [-0.15, -0.1) is 0 Å². The van der Waals surface area contributed by atoms with Crippen molar-refractivity contribution in [3.63, 3.8) is 0 Å². The molecule has 7 heteroatoms. The fourth-order valence-corrected chi connectivity index (χ4v) is 0. The predicted molar refractivity (Wildman–Crippen MR) is 7.81 cm³/mol. The first-order valence-electron chi connectivity index (χ1n) is 0. The van der Waals surface area contributed by atoms with Gasteiger partial charge in [-0.25, -0.2) is 0 Å². The molecule has 0 fully saturated rings. The van der Waals surface area contributed by atoms with E-state index in [-0.39, 0.29) is 85.9 Å². The molecule has 0 aliphatic carbocycles. The molecule has 1 radical (unpaired) electrons. The molecule has 0 aromatic rings. The molecule has 0 aliphatic heterocycles. The number of hydrogen-bond acceptors (Lipinski definition) is 0. The molecule has 0 saturated heterocycles. The van der Waals surface area contributed by atoms with Gasteiger partial charge < -0.3 is 16.4 Å². The molecule has 0 saturated carbocycles. The third kappa shape index (κ3) is 71.6. The number of hydrogen-bond donors (Lipinski definition) is 0. The van der Waals surface area contributed by atoms with Crippen molar-refractivity contribution in [3.8, 4) is 0 Å². The van der Waals surface area contributed by atoms with Crippen molar-refractivity contribution < 1.29 is 68.6 Å². The van der Waals surface area contributed by atoms with Crippen molar-refractivity contribution in [1.82, 2.24) is 0 Å². The minimum atomic E-state index is 0. The van der Waals surface area contributed by atoms with Crippen LogP contribution in [0, 0.1) is 0 Å².